The third kappa shape index (κ3) is 14.8. The molecule has 0 N–H and O–H groups in total. The quantitative estimate of drug-likeness (QED) is 0.195. The number of carbonyl (C=O) groups is 2. The second-order valence-corrected chi connectivity index (χ2v) is 7.75. The number of hydrogen-bond donors (Lipinski definition) is 0. The molecule has 0 radical (unpaired) electrons. The molecule has 1 atom stereocenters. The molecule has 5 heteroatoms. The van der Waals surface area contributed by atoms with E-state index in [1.54, 1.807) is 20.9 Å². The Morgan fingerprint density at radius 3 is 1.57 bits per heavy atom. The van der Waals surface area contributed by atoms with E-state index in [0.717, 1.165) is 12.8 Å². The van der Waals surface area contributed by atoms with Crippen molar-refractivity contribution in [3.8, 4) is 0 Å². The molecular formula is C23H45NO4. The van der Waals surface area contributed by atoms with Crippen LogP contribution < -0.4 is 0 Å². The highest BCUT2D eigenvalue weighted by molar-refractivity contribution is 5.80. The van der Waals surface area contributed by atoms with Crippen molar-refractivity contribution in [1.82, 2.24) is 4.90 Å². The van der Waals surface area contributed by atoms with Crippen LogP contribution in [0.25, 0.3) is 0 Å². The van der Waals surface area contributed by atoms with Gasteiger partial charge in [-0.2, -0.15) is 0 Å². The van der Waals surface area contributed by atoms with E-state index in [-0.39, 0.29) is 5.97 Å². The van der Waals surface area contributed by atoms with Crippen molar-refractivity contribution in [3.63, 3.8) is 0 Å². The largest absolute Gasteiger partial charge is 0.464 e. The van der Waals surface area contributed by atoms with Crippen LogP contribution in [0.3, 0.4) is 0 Å². The summed E-state index contributed by atoms with van der Waals surface area (Å²) in [4.78, 5) is 24.8. The minimum atomic E-state index is -0.620. The van der Waals surface area contributed by atoms with Crippen molar-refractivity contribution < 1.29 is 19.1 Å². The molecule has 0 heterocycles. The van der Waals surface area contributed by atoms with Crippen LogP contribution in [0.15, 0.2) is 0 Å². The Morgan fingerprint density at radius 2 is 1.14 bits per heavy atom. The van der Waals surface area contributed by atoms with Gasteiger partial charge in [0, 0.05) is 7.05 Å². The fourth-order valence-corrected chi connectivity index (χ4v) is 3.13. The fraction of sp³-hybridized carbons (Fsp3) is 0.913. The Balaban J connectivity index is 3.43. The van der Waals surface area contributed by atoms with Gasteiger partial charge in [0.15, 0.2) is 0 Å². The maximum absolute atomic E-state index is 12.0. The van der Waals surface area contributed by atoms with E-state index in [4.69, 9.17) is 9.47 Å². The predicted molar refractivity (Wildman–Crippen MR) is 116 cm³/mol. The van der Waals surface area contributed by atoms with E-state index in [0.29, 0.717) is 13.2 Å². The van der Waals surface area contributed by atoms with E-state index in [1.165, 1.54) is 81.9 Å². The molecule has 0 saturated carbocycles. The first-order valence-electron chi connectivity index (χ1n) is 11.6. The first kappa shape index (κ1) is 26.7. The summed E-state index contributed by atoms with van der Waals surface area (Å²) >= 11 is 0. The van der Waals surface area contributed by atoms with Crippen molar-refractivity contribution in [2.45, 2.75) is 117 Å². The Labute approximate surface area is 173 Å². The van der Waals surface area contributed by atoms with E-state index < -0.39 is 12.1 Å². The van der Waals surface area contributed by atoms with Gasteiger partial charge >= 0.3 is 12.1 Å². The van der Waals surface area contributed by atoms with Crippen LogP contribution in [0, 0.1) is 0 Å². The van der Waals surface area contributed by atoms with Crippen LogP contribution in [-0.2, 0) is 14.3 Å². The van der Waals surface area contributed by atoms with Gasteiger partial charge in [-0.05, 0) is 20.3 Å². The molecule has 28 heavy (non-hydrogen) atoms. The average Bonchev–Trinajstić information content (AvgIpc) is 2.69. The highest BCUT2D eigenvalue weighted by atomic mass is 16.6. The predicted octanol–water partition coefficient (Wildman–Crippen LogP) is 6.49. The highest BCUT2D eigenvalue weighted by Gasteiger charge is 2.24. The van der Waals surface area contributed by atoms with E-state index >= 15 is 0 Å². The minimum absolute atomic E-state index is 0.296. The number of carbonyl (C=O) groups excluding carboxylic acids is 2. The molecule has 0 aliphatic heterocycles. The summed E-state index contributed by atoms with van der Waals surface area (Å²) in [6, 6.07) is -0.620. The fourth-order valence-electron chi connectivity index (χ4n) is 3.13. The number of ether oxygens (including phenoxy) is 2. The zero-order valence-corrected chi connectivity index (χ0v) is 19.0. The standard InChI is InChI=1S/C23H45NO4/c1-5-7-8-9-10-11-12-13-14-15-16-17-18-19-20-28-22(25)21(3)24(4)23(26)27-6-2/h21H,5-20H2,1-4H3. The van der Waals surface area contributed by atoms with Gasteiger partial charge in [0.05, 0.1) is 13.2 Å². The molecular weight excluding hydrogens is 354 g/mol. The lowest BCUT2D eigenvalue weighted by atomic mass is 10.0. The molecule has 0 aromatic rings. The molecule has 0 aromatic carbocycles. The molecule has 0 bridgehead atoms. The van der Waals surface area contributed by atoms with Crippen LogP contribution in [0.5, 0.6) is 0 Å². The van der Waals surface area contributed by atoms with Crippen LogP contribution in [0.2, 0.25) is 0 Å². The molecule has 0 aliphatic rings. The van der Waals surface area contributed by atoms with Gasteiger partial charge in [0.1, 0.15) is 6.04 Å². The molecule has 1 amide bonds. The maximum atomic E-state index is 12.0. The van der Waals surface area contributed by atoms with Gasteiger partial charge in [-0.25, -0.2) is 9.59 Å². The second kappa shape index (κ2) is 19.1. The summed E-state index contributed by atoms with van der Waals surface area (Å²) in [6.07, 6.45) is 17.7. The van der Waals surface area contributed by atoms with Gasteiger partial charge in [-0.3, -0.25) is 4.90 Å². The molecule has 0 aliphatic carbocycles. The summed E-state index contributed by atoms with van der Waals surface area (Å²) in [5.41, 5.74) is 0. The summed E-state index contributed by atoms with van der Waals surface area (Å²) in [6.45, 7) is 6.39. The second-order valence-electron chi connectivity index (χ2n) is 7.75. The first-order chi connectivity index (χ1) is 13.5. The van der Waals surface area contributed by atoms with Crippen molar-refractivity contribution in [3.05, 3.63) is 0 Å². The van der Waals surface area contributed by atoms with Crippen LogP contribution in [0.1, 0.15) is 111 Å². The molecule has 0 rings (SSSR count). The molecule has 0 fully saturated rings. The lowest BCUT2D eigenvalue weighted by Gasteiger charge is -2.22. The number of amides is 1. The average molecular weight is 400 g/mol. The van der Waals surface area contributed by atoms with Gasteiger partial charge in [-0.1, -0.05) is 90.4 Å². The minimum Gasteiger partial charge on any atom is -0.464 e. The number of likely N-dealkylation sites (N-methyl/N-ethyl adjacent to an activating group) is 1. The third-order valence-electron chi connectivity index (χ3n) is 5.22. The molecule has 1 unspecified atom stereocenters. The maximum Gasteiger partial charge on any atom is 0.410 e. The lowest BCUT2D eigenvalue weighted by Crippen LogP contribution is -2.41. The van der Waals surface area contributed by atoms with E-state index in [9.17, 15) is 9.59 Å². The zero-order chi connectivity index (χ0) is 21.0. The number of esters is 1. The molecule has 0 spiro atoms. The Morgan fingerprint density at radius 1 is 0.714 bits per heavy atom. The van der Waals surface area contributed by atoms with E-state index in [1.807, 2.05) is 0 Å². The van der Waals surface area contributed by atoms with Crippen LogP contribution >= 0.6 is 0 Å². The van der Waals surface area contributed by atoms with Gasteiger partial charge < -0.3 is 9.47 Å². The monoisotopic (exact) mass is 399 g/mol. The smallest absolute Gasteiger partial charge is 0.410 e. The number of rotatable bonds is 18. The number of unbranched alkanes of at least 4 members (excludes halogenated alkanes) is 13. The van der Waals surface area contributed by atoms with Crippen LogP contribution in [0.4, 0.5) is 4.79 Å². The van der Waals surface area contributed by atoms with Crippen molar-refractivity contribution in [2.24, 2.45) is 0 Å². The van der Waals surface area contributed by atoms with Gasteiger partial charge in [-0.15, -0.1) is 0 Å². The van der Waals surface area contributed by atoms with Crippen molar-refractivity contribution in [1.29, 1.82) is 0 Å². The molecule has 0 aromatic heterocycles. The van der Waals surface area contributed by atoms with Crippen LogP contribution in [-0.4, -0.2) is 43.3 Å². The van der Waals surface area contributed by atoms with Gasteiger partial charge in [0.2, 0.25) is 0 Å². The van der Waals surface area contributed by atoms with Crippen molar-refractivity contribution in [2.75, 3.05) is 20.3 Å². The van der Waals surface area contributed by atoms with Crippen molar-refractivity contribution >= 4 is 12.1 Å². The normalized spacial score (nSPS) is 11.9. The summed E-state index contributed by atoms with van der Waals surface area (Å²) in [5, 5.41) is 0. The Kier molecular flexibility index (Phi) is 18.2. The third-order valence-corrected chi connectivity index (χ3v) is 5.22. The van der Waals surface area contributed by atoms with E-state index in [2.05, 4.69) is 6.92 Å². The number of hydrogen-bond acceptors (Lipinski definition) is 4. The topological polar surface area (TPSA) is 55.8 Å². The first-order valence-corrected chi connectivity index (χ1v) is 11.6. The summed E-state index contributed by atoms with van der Waals surface area (Å²) < 4.78 is 10.2. The Bertz CT molecular complexity index is 387. The molecule has 0 saturated heterocycles. The molecule has 166 valence electrons. The summed E-state index contributed by atoms with van der Waals surface area (Å²) in [5.74, 6) is -0.370. The SMILES string of the molecule is CCCCCCCCCCCCCCCCOC(=O)C(C)N(C)C(=O)OCC. The summed E-state index contributed by atoms with van der Waals surface area (Å²) in [7, 11) is 1.55. The van der Waals surface area contributed by atoms with Gasteiger partial charge in [0.25, 0.3) is 0 Å². The number of nitrogens with zero attached hydrogens (tertiary/aromatic N) is 1. The lowest BCUT2D eigenvalue weighted by molar-refractivity contribution is -0.148. The zero-order valence-electron chi connectivity index (χ0n) is 19.0. The molecule has 5 nitrogen and oxygen atoms in total. The highest BCUT2D eigenvalue weighted by Crippen LogP contribution is 2.13. The Hall–Kier alpha value is -1.26.